The second-order valence-electron chi connectivity index (χ2n) is 7.57. The molecule has 1 amide bonds. The van der Waals surface area contributed by atoms with Gasteiger partial charge in [-0.15, -0.1) is 0 Å². The number of amides is 1. The van der Waals surface area contributed by atoms with Crippen molar-refractivity contribution in [2.24, 2.45) is 11.7 Å². The summed E-state index contributed by atoms with van der Waals surface area (Å²) in [5.74, 6) is 0.255. The molecule has 24 heavy (non-hydrogen) atoms. The highest BCUT2D eigenvalue weighted by atomic mass is 16.1. The molecule has 3 N–H and O–H groups in total. The third kappa shape index (κ3) is 1.59. The monoisotopic (exact) mass is 321 g/mol. The van der Waals surface area contributed by atoms with Crippen molar-refractivity contribution in [2.45, 2.75) is 37.6 Å². The largest absolute Gasteiger partial charge is 0.369 e. The third-order valence-electron chi connectivity index (χ3n) is 6.44. The quantitative estimate of drug-likeness (QED) is 0.835. The molecule has 0 radical (unpaired) electrons. The molecule has 4 heterocycles. The van der Waals surface area contributed by atoms with Gasteiger partial charge in [0.25, 0.3) is 0 Å². The number of hydrogen-bond acceptors (Lipinski definition) is 2. The average molecular weight is 321 g/mol. The summed E-state index contributed by atoms with van der Waals surface area (Å²) < 4.78 is 0. The minimum absolute atomic E-state index is 0.124. The second-order valence-corrected chi connectivity index (χ2v) is 7.57. The van der Waals surface area contributed by atoms with Crippen molar-refractivity contribution in [2.75, 3.05) is 13.1 Å². The summed E-state index contributed by atoms with van der Waals surface area (Å²) >= 11 is 0. The van der Waals surface area contributed by atoms with Crippen molar-refractivity contribution in [1.82, 2.24) is 9.88 Å². The van der Waals surface area contributed by atoms with Gasteiger partial charge < -0.3 is 10.7 Å². The fraction of sp³-hybridized carbons (Fsp3) is 0.450. The highest BCUT2D eigenvalue weighted by molar-refractivity contribution is 5.94. The van der Waals surface area contributed by atoms with Crippen LogP contribution in [-0.2, 0) is 16.6 Å². The van der Waals surface area contributed by atoms with Crippen LogP contribution >= 0.6 is 0 Å². The van der Waals surface area contributed by atoms with Crippen molar-refractivity contribution in [3.63, 3.8) is 0 Å². The van der Waals surface area contributed by atoms with E-state index in [1.807, 2.05) is 6.07 Å². The van der Waals surface area contributed by atoms with E-state index in [9.17, 15) is 4.79 Å². The molecule has 1 saturated heterocycles. The van der Waals surface area contributed by atoms with Crippen LogP contribution in [0.5, 0.6) is 0 Å². The SMILES string of the molecule is CCC1=C[C@@H]2CN3CCc4c([nH]c5ccccc45)C(C(N)=O)(C2)C13. The van der Waals surface area contributed by atoms with Gasteiger partial charge in [0.1, 0.15) is 5.41 Å². The fourth-order valence-electron chi connectivity index (χ4n) is 5.59. The van der Waals surface area contributed by atoms with Crippen molar-refractivity contribution >= 4 is 16.8 Å². The first-order valence-electron chi connectivity index (χ1n) is 8.99. The Morgan fingerprint density at radius 3 is 3.04 bits per heavy atom. The zero-order valence-electron chi connectivity index (χ0n) is 14.0. The lowest BCUT2D eigenvalue weighted by atomic mass is 9.60. The van der Waals surface area contributed by atoms with E-state index in [2.05, 4.69) is 41.1 Å². The topological polar surface area (TPSA) is 62.1 Å². The van der Waals surface area contributed by atoms with E-state index >= 15 is 0 Å². The van der Waals surface area contributed by atoms with Crippen LogP contribution in [0.25, 0.3) is 10.9 Å². The lowest BCUT2D eigenvalue weighted by molar-refractivity contribution is -0.129. The van der Waals surface area contributed by atoms with Gasteiger partial charge in [0.2, 0.25) is 5.91 Å². The van der Waals surface area contributed by atoms with Gasteiger partial charge in [-0.25, -0.2) is 0 Å². The Morgan fingerprint density at radius 1 is 1.42 bits per heavy atom. The molecule has 124 valence electrons. The maximum absolute atomic E-state index is 12.9. The first kappa shape index (κ1) is 14.3. The first-order chi connectivity index (χ1) is 11.6. The van der Waals surface area contributed by atoms with Crippen LogP contribution in [0.2, 0.25) is 0 Å². The van der Waals surface area contributed by atoms with Crippen molar-refractivity contribution in [3.8, 4) is 0 Å². The van der Waals surface area contributed by atoms with Crippen molar-refractivity contribution < 1.29 is 4.79 Å². The number of carbonyl (C=O) groups is 1. The Kier molecular flexibility index (Phi) is 2.82. The number of rotatable bonds is 2. The van der Waals surface area contributed by atoms with E-state index in [1.165, 1.54) is 16.5 Å². The standard InChI is InChI=1S/C20H23N3O/c1-2-13-9-12-10-20(19(21)24)17-15(7-8-23(11-12)18(13)20)14-5-3-4-6-16(14)22-17/h3-6,9,12,18,22H,2,7-8,10-11H2,1H3,(H2,21,24)/t12-,18?,20?/m0/s1. The summed E-state index contributed by atoms with van der Waals surface area (Å²) in [6, 6.07) is 8.52. The molecule has 2 aromatic rings. The number of fused-ring (bicyclic) bond motifs is 3. The molecule has 0 spiro atoms. The molecule has 4 bridgehead atoms. The zero-order chi connectivity index (χ0) is 16.5. The van der Waals surface area contributed by atoms with E-state index in [1.54, 1.807) is 0 Å². The van der Waals surface area contributed by atoms with Crippen molar-refractivity contribution in [3.05, 3.63) is 47.2 Å². The minimum Gasteiger partial charge on any atom is -0.369 e. The van der Waals surface area contributed by atoms with Gasteiger partial charge in [-0.1, -0.05) is 36.8 Å². The Bertz CT molecular complexity index is 880. The molecule has 1 aliphatic carbocycles. The zero-order valence-corrected chi connectivity index (χ0v) is 14.0. The number of H-pyrrole nitrogens is 1. The van der Waals surface area contributed by atoms with Crippen LogP contribution in [0, 0.1) is 5.92 Å². The Morgan fingerprint density at radius 2 is 2.25 bits per heavy atom. The van der Waals surface area contributed by atoms with Crippen LogP contribution < -0.4 is 5.73 Å². The molecule has 4 heteroatoms. The van der Waals surface area contributed by atoms with E-state index in [0.29, 0.717) is 5.92 Å². The van der Waals surface area contributed by atoms with Crippen LogP contribution in [0.4, 0.5) is 0 Å². The normalized spacial score (nSPS) is 33.9. The number of hydrogen-bond donors (Lipinski definition) is 2. The highest BCUT2D eigenvalue weighted by Crippen LogP contribution is 2.52. The van der Waals surface area contributed by atoms with Gasteiger partial charge in [-0.3, -0.25) is 9.69 Å². The summed E-state index contributed by atoms with van der Waals surface area (Å²) in [7, 11) is 0. The van der Waals surface area contributed by atoms with Crippen LogP contribution in [-0.4, -0.2) is 34.9 Å². The smallest absolute Gasteiger partial charge is 0.231 e. The number of piperidine rings is 1. The lowest BCUT2D eigenvalue weighted by Crippen LogP contribution is -2.65. The summed E-state index contributed by atoms with van der Waals surface area (Å²) in [4.78, 5) is 19.0. The molecule has 4 nitrogen and oxygen atoms in total. The Hall–Kier alpha value is -2.07. The van der Waals surface area contributed by atoms with Crippen LogP contribution in [0.1, 0.15) is 31.0 Å². The van der Waals surface area contributed by atoms with E-state index in [-0.39, 0.29) is 11.9 Å². The summed E-state index contributed by atoms with van der Waals surface area (Å²) in [5.41, 5.74) is 10.4. The van der Waals surface area contributed by atoms with Gasteiger partial charge in [0.05, 0.1) is 6.04 Å². The van der Waals surface area contributed by atoms with E-state index < -0.39 is 5.41 Å². The number of aromatic amines is 1. The lowest BCUT2D eigenvalue weighted by Gasteiger charge is -2.54. The summed E-state index contributed by atoms with van der Waals surface area (Å²) in [6.45, 7) is 4.26. The Balaban J connectivity index is 1.84. The van der Waals surface area contributed by atoms with Gasteiger partial charge >= 0.3 is 0 Å². The molecule has 1 aromatic heterocycles. The first-order valence-corrected chi connectivity index (χ1v) is 8.99. The highest BCUT2D eigenvalue weighted by Gasteiger charge is 2.58. The van der Waals surface area contributed by atoms with Crippen molar-refractivity contribution in [1.29, 1.82) is 0 Å². The second kappa shape index (κ2) is 4.73. The Labute approximate surface area is 141 Å². The molecule has 1 fully saturated rings. The van der Waals surface area contributed by atoms with Gasteiger partial charge in [0, 0.05) is 29.7 Å². The molecule has 1 aromatic carbocycles. The van der Waals surface area contributed by atoms with Gasteiger partial charge in [-0.2, -0.15) is 0 Å². The van der Waals surface area contributed by atoms with Crippen LogP contribution in [0.15, 0.2) is 35.9 Å². The summed E-state index contributed by atoms with van der Waals surface area (Å²) in [5, 5.41) is 1.25. The fourth-order valence-corrected chi connectivity index (χ4v) is 5.59. The number of nitrogens with one attached hydrogen (secondary N) is 1. The number of nitrogens with zero attached hydrogens (tertiary/aromatic N) is 1. The van der Waals surface area contributed by atoms with Gasteiger partial charge in [0.15, 0.2) is 0 Å². The molecular weight excluding hydrogens is 298 g/mol. The molecule has 3 aliphatic heterocycles. The number of para-hydroxylation sites is 1. The predicted molar refractivity (Wildman–Crippen MR) is 94.7 cm³/mol. The number of carbonyl (C=O) groups excluding carboxylic acids is 1. The van der Waals surface area contributed by atoms with E-state index in [4.69, 9.17) is 5.73 Å². The predicted octanol–water partition coefficient (Wildman–Crippen LogP) is 2.49. The van der Waals surface area contributed by atoms with Gasteiger partial charge in [-0.05, 0) is 36.8 Å². The number of primary amides is 1. The number of nitrogens with two attached hydrogens (primary N) is 1. The molecule has 4 atom stereocenters. The average Bonchev–Trinajstić information content (AvgIpc) is 2.94. The summed E-state index contributed by atoms with van der Waals surface area (Å²) in [6.07, 6.45) is 5.22. The molecular formula is C20H23N3O. The molecule has 4 aliphatic rings. The number of aromatic nitrogens is 1. The maximum Gasteiger partial charge on any atom is 0.231 e. The minimum atomic E-state index is -0.603. The number of benzene rings is 1. The van der Waals surface area contributed by atoms with E-state index in [0.717, 1.165) is 43.6 Å². The van der Waals surface area contributed by atoms with Crippen LogP contribution in [0.3, 0.4) is 0 Å². The molecule has 3 unspecified atom stereocenters. The molecule has 6 rings (SSSR count). The maximum atomic E-state index is 12.9. The molecule has 0 saturated carbocycles. The third-order valence-corrected chi connectivity index (χ3v) is 6.44.